The van der Waals surface area contributed by atoms with E-state index in [0.29, 0.717) is 18.0 Å². The van der Waals surface area contributed by atoms with Crippen LogP contribution >= 0.6 is 0 Å². The van der Waals surface area contributed by atoms with Gasteiger partial charge in [-0.25, -0.2) is 14.8 Å². The third-order valence-corrected chi connectivity index (χ3v) is 5.22. The van der Waals surface area contributed by atoms with Crippen LogP contribution in [0, 0.1) is 12.8 Å². The molecule has 0 unspecified atom stereocenters. The second-order valence-electron chi connectivity index (χ2n) is 7.81. The molecule has 1 atom stereocenters. The van der Waals surface area contributed by atoms with Gasteiger partial charge in [0, 0.05) is 40.3 Å². The van der Waals surface area contributed by atoms with E-state index in [0.717, 1.165) is 45.5 Å². The highest BCUT2D eigenvalue weighted by molar-refractivity contribution is 6.01. The monoisotopic (exact) mass is 460 g/mol. The van der Waals surface area contributed by atoms with Crippen molar-refractivity contribution < 1.29 is 27.9 Å². The van der Waals surface area contributed by atoms with Crippen LogP contribution in [-0.4, -0.2) is 43.0 Å². The van der Waals surface area contributed by atoms with E-state index in [9.17, 15) is 18.0 Å². The molecule has 0 spiro atoms. The number of nitrogens with one attached hydrogen (secondary N) is 2. The van der Waals surface area contributed by atoms with Crippen molar-refractivity contribution in [1.82, 2.24) is 19.9 Å². The van der Waals surface area contributed by atoms with Gasteiger partial charge >= 0.3 is 12.1 Å². The van der Waals surface area contributed by atoms with Gasteiger partial charge in [0.2, 0.25) is 0 Å². The van der Waals surface area contributed by atoms with Gasteiger partial charge in [0.15, 0.2) is 11.4 Å². The Morgan fingerprint density at radius 2 is 1.85 bits per heavy atom. The quantitative estimate of drug-likeness (QED) is 0.333. The van der Waals surface area contributed by atoms with Gasteiger partial charge in [0.05, 0.1) is 5.52 Å². The van der Waals surface area contributed by atoms with Crippen LogP contribution in [0.5, 0.6) is 0 Å². The lowest BCUT2D eigenvalue weighted by Gasteiger charge is -2.07. The molecule has 0 bridgehead atoms. The molecule has 3 N–H and O–H groups in total. The van der Waals surface area contributed by atoms with Gasteiger partial charge in [-0.05, 0) is 31.0 Å². The van der Waals surface area contributed by atoms with Gasteiger partial charge in [-0.15, -0.1) is 0 Å². The Morgan fingerprint density at radius 1 is 1.15 bits per heavy atom. The number of alkyl halides is 3. The second-order valence-corrected chi connectivity index (χ2v) is 7.81. The molecule has 0 aliphatic carbocycles. The highest BCUT2D eigenvalue weighted by Crippen LogP contribution is 2.29. The molecule has 0 saturated carbocycles. The number of H-pyrrole nitrogens is 2. The SMILES string of the molecule is CC[C@H](C)CC(=O)c1ccc2cc(-c3ccnc4nc(C)[nH]c34)[nH]c2c1.O=C(O)C(F)(F)F. The predicted molar refractivity (Wildman–Crippen MR) is 118 cm³/mol. The number of hydrogen-bond acceptors (Lipinski definition) is 4. The summed E-state index contributed by atoms with van der Waals surface area (Å²) in [5.41, 5.74) is 5.38. The molecule has 4 rings (SSSR count). The first-order chi connectivity index (χ1) is 15.5. The summed E-state index contributed by atoms with van der Waals surface area (Å²) in [6, 6.07) is 9.96. The molecule has 0 radical (unpaired) electrons. The number of Topliss-reactive ketones (excluding diaryl/α,β-unsaturated/α-hetero) is 1. The van der Waals surface area contributed by atoms with Crippen molar-refractivity contribution in [2.75, 3.05) is 0 Å². The number of aryl methyl sites for hydroxylation is 1. The average molecular weight is 460 g/mol. The van der Waals surface area contributed by atoms with Crippen molar-refractivity contribution in [3.8, 4) is 11.3 Å². The summed E-state index contributed by atoms with van der Waals surface area (Å²) in [6.45, 7) is 6.15. The standard InChI is InChI=1S/C21H22N4O.C2HF3O2/c1-4-12(2)9-19(26)15-6-5-14-10-18(25-17(14)11-15)16-7-8-22-21-20(16)23-13(3)24-21;3-2(4,5)1(6)7/h5-8,10-12,25H,4,9H2,1-3H3,(H,22,23,24);(H,6,7)/t12-;/m0./s1. The number of fused-ring (bicyclic) bond motifs is 2. The van der Waals surface area contributed by atoms with E-state index < -0.39 is 12.1 Å². The first-order valence-electron chi connectivity index (χ1n) is 10.3. The number of imidazole rings is 1. The molecule has 7 nitrogen and oxygen atoms in total. The van der Waals surface area contributed by atoms with Crippen LogP contribution in [0.4, 0.5) is 13.2 Å². The van der Waals surface area contributed by atoms with Crippen LogP contribution in [0.25, 0.3) is 33.3 Å². The molecule has 0 aliphatic heterocycles. The number of nitrogens with zero attached hydrogens (tertiary/aromatic N) is 2. The number of aromatic amines is 2. The van der Waals surface area contributed by atoms with Gasteiger partial charge in [0.1, 0.15) is 5.82 Å². The number of carbonyl (C=O) groups excluding carboxylic acids is 1. The van der Waals surface area contributed by atoms with Crippen molar-refractivity contribution in [2.24, 2.45) is 5.92 Å². The number of ketones is 1. The fourth-order valence-electron chi connectivity index (χ4n) is 3.28. The normalized spacial score (nSPS) is 12.4. The number of aliphatic carboxylic acids is 1. The molecule has 10 heteroatoms. The maximum absolute atomic E-state index is 12.5. The molecule has 33 heavy (non-hydrogen) atoms. The van der Waals surface area contributed by atoms with Crippen LogP contribution in [-0.2, 0) is 4.79 Å². The van der Waals surface area contributed by atoms with Crippen LogP contribution in [0.3, 0.4) is 0 Å². The lowest BCUT2D eigenvalue weighted by atomic mass is 9.97. The topological polar surface area (TPSA) is 112 Å². The Kier molecular flexibility index (Phi) is 6.85. The predicted octanol–water partition coefficient (Wildman–Crippen LogP) is 5.67. The van der Waals surface area contributed by atoms with Crippen molar-refractivity contribution in [3.05, 3.63) is 47.9 Å². The third-order valence-electron chi connectivity index (χ3n) is 5.22. The van der Waals surface area contributed by atoms with E-state index in [-0.39, 0.29) is 5.78 Å². The zero-order valence-electron chi connectivity index (χ0n) is 18.2. The first-order valence-corrected chi connectivity index (χ1v) is 10.3. The van der Waals surface area contributed by atoms with Gasteiger partial charge in [0.25, 0.3) is 0 Å². The Bertz CT molecular complexity index is 1310. The van der Waals surface area contributed by atoms with Gasteiger partial charge in [-0.2, -0.15) is 13.2 Å². The van der Waals surface area contributed by atoms with Gasteiger partial charge in [-0.1, -0.05) is 32.4 Å². The Labute approximate surface area is 187 Å². The summed E-state index contributed by atoms with van der Waals surface area (Å²) in [7, 11) is 0. The lowest BCUT2D eigenvalue weighted by Crippen LogP contribution is -2.21. The number of pyridine rings is 1. The van der Waals surface area contributed by atoms with Crippen molar-refractivity contribution in [2.45, 2.75) is 39.8 Å². The zero-order valence-corrected chi connectivity index (χ0v) is 18.2. The second kappa shape index (κ2) is 9.43. The minimum Gasteiger partial charge on any atom is -0.475 e. The molecule has 1 aromatic carbocycles. The fourth-order valence-corrected chi connectivity index (χ4v) is 3.28. The smallest absolute Gasteiger partial charge is 0.475 e. The van der Waals surface area contributed by atoms with Crippen molar-refractivity contribution >= 4 is 33.8 Å². The number of carboxylic acids is 1. The van der Waals surface area contributed by atoms with E-state index in [1.165, 1.54) is 0 Å². The summed E-state index contributed by atoms with van der Waals surface area (Å²) >= 11 is 0. The molecule has 4 aromatic rings. The number of carboxylic acid groups (broad SMARTS) is 1. The number of aromatic nitrogens is 4. The van der Waals surface area contributed by atoms with E-state index in [2.05, 4.69) is 39.8 Å². The third kappa shape index (κ3) is 5.57. The summed E-state index contributed by atoms with van der Waals surface area (Å²) in [6.07, 6.45) is -1.71. The molecule has 0 fully saturated rings. The molecule has 174 valence electrons. The largest absolute Gasteiger partial charge is 0.490 e. The van der Waals surface area contributed by atoms with Crippen molar-refractivity contribution in [1.29, 1.82) is 0 Å². The van der Waals surface area contributed by atoms with E-state index >= 15 is 0 Å². The highest BCUT2D eigenvalue weighted by Gasteiger charge is 2.38. The van der Waals surface area contributed by atoms with Crippen LogP contribution in [0.1, 0.15) is 42.9 Å². The Hall–Kier alpha value is -3.69. The average Bonchev–Trinajstić information content (AvgIpc) is 3.34. The molecule has 0 saturated heterocycles. The van der Waals surface area contributed by atoms with Gasteiger partial charge < -0.3 is 15.1 Å². The summed E-state index contributed by atoms with van der Waals surface area (Å²) in [5.74, 6) is -1.31. The highest BCUT2D eigenvalue weighted by atomic mass is 19.4. The molecular formula is C23H23F3N4O3. The lowest BCUT2D eigenvalue weighted by molar-refractivity contribution is -0.192. The van der Waals surface area contributed by atoms with Crippen LogP contribution in [0.15, 0.2) is 36.5 Å². The molecule has 3 aromatic heterocycles. The fraction of sp³-hybridized carbons (Fsp3) is 0.304. The summed E-state index contributed by atoms with van der Waals surface area (Å²) in [5, 5.41) is 8.21. The van der Waals surface area contributed by atoms with Crippen LogP contribution < -0.4 is 0 Å². The number of benzene rings is 1. The van der Waals surface area contributed by atoms with E-state index in [1.807, 2.05) is 31.2 Å². The van der Waals surface area contributed by atoms with Crippen molar-refractivity contribution in [3.63, 3.8) is 0 Å². The number of rotatable bonds is 5. The maximum atomic E-state index is 12.5. The zero-order chi connectivity index (χ0) is 24.3. The minimum absolute atomic E-state index is 0.202. The Balaban J connectivity index is 0.000000383. The number of carbonyl (C=O) groups is 2. The van der Waals surface area contributed by atoms with Gasteiger partial charge in [-0.3, -0.25) is 4.79 Å². The summed E-state index contributed by atoms with van der Waals surface area (Å²) < 4.78 is 31.7. The maximum Gasteiger partial charge on any atom is 0.490 e. The van der Waals surface area contributed by atoms with E-state index in [1.54, 1.807) is 6.20 Å². The molecule has 0 aliphatic rings. The summed E-state index contributed by atoms with van der Waals surface area (Å²) in [4.78, 5) is 36.8. The number of halogens is 3. The van der Waals surface area contributed by atoms with Crippen LogP contribution in [0.2, 0.25) is 0 Å². The Morgan fingerprint density at radius 3 is 2.48 bits per heavy atom. The molecular weight excluding hydrogens is 437 g/mol. The first kappa shape index (κ1) is 24.0. The van der Waals surface area contributed by atoms with E-state index in [4.69, 9.17) is 9.90 Å². The molecule has 3 heterocycles. The minimum atomic E-state index is -5.08. The number of hydrogen-bond donors (Lipinski definition) is 3. The molecule has 0 amide bonds.